The van der Waals surface area contributed by atoms with Crippen molar-refractivity contribution in [2.75, 3.05) is 0 Å². The fourth-order valence-corrected chi connectivity index (χ4v) is 0.354. The molecule has 0 fully saturated rings. The van der Waals surface area contributed by atoms with Gasteiger partial charge in [-0.3, -0.25) is 0 Å². The summed E-state index contributed by atoms with van der Waals surface area (Å²) in [6, 6.07) is 0. The van der Waals surface area contributed by atoms with Crippen LogP contribution in [0.25, 0.3) is 0 Å². The van der Waals surface area contributed by atoms with Gasteiger partial charge in [-0.2, -0.15) is 0 Å². The van der Waals surface area contributed by atoms with Crippen molar-refractivity contribution >= 4 is 0 Å². The van der Waals surface area contributed by atoms with E-state index >= 15 is 0 Å². The Morgan fingerprint density at radius 2 is 0.846 bits per heavy atom. The van der Waals surface area contributed by atoms with Gasteiger partial charge in [-0.15, -0.1) is 0 Å². The molecule has 0 aliphatic rings. The lowest BCUT2D eigenvalue weighted by atomic mass is 10.0. The molecule has 0 saturated heterocycles. The maximum absolute atomic E-state index is 2.21. The van der Waals surface area contributed by atoms with E-state index in [-0.39, 0.29) is 0 Å². The van der Waals surface area contributed by atoms with E-state index in [0.29, 0.717) is 5.41 Å². The van der Waals surface area contributed by atoms with Gasteiger partial charge < -0.3 is 0 Å². The fraction of sp³-hybridized carbons (Fsp3) is 1.00. The average Bonchev–Trinajstić information content (AvgIpc) is 1.87. The minimum absolute atomic E-state index is 0.500. The third kappa shape index (κ3) is 300. The van der Waals surface area contributed by atoms with Crippen molar-refractivity contribution in [1.29, 1.82) is 0 Å². The first-order valence-electron chi connectivity index (χ1n) is 5.83. The standard InChI is InChI=1S/2C5H12.C3H8/c1-5(2,3)4;1-3-5-4-2;1-3-2/h1-4H3;3-5H2,1-2H3;3H2,1-2H3. The lowest BCUT2D eigenvalue weighted by Crippen LogP contribution is -1.93. The summed E-state index contributed by atoms with van der Waals surface area (Å²) in [4.78, 5) is 0. The van der Waals surface area contributed by atoms with Gasteiger partial charge in [0, 0.05) is 0 Å². The molecule has 0 aromatic heterocycles. The Kier molecular flexibility index (Phi) is 20.9. The Bertz CT molecular complexity index is 48.9. The van der Waals surface area contributed by atoms with Crippen molar-refractivity contribution in [2.24, 2.45) is 5.41 Å². The first-order chi connectivity index (χ1) is 5.83. The Balaban J connectivity index is -0.000000120. The highest BCUT2D eigenvalue weighted by Crippen LogP contribution is 2.08. The highest BCUT2D eigenvalue weighted by atomic mass is 14.0. The molecule has 0 heteroatoms. The van der Waals surface area contributed by atoms with Gasteiger partial charge in [0.05, 0.1) is 0 Å². The number of rotatable bonds is 2. The summed E-state index contributed by atoms with van der Waals surface area (Å²) in [5, 5.41) is 0. The van der Waals surface area contributed by atoms with Gasteiger partial charge >= 0.3 is 0 Å². The second-order valence-corrected chi connectivity index (χ2v) is 5.06. The molecule has 0 radical (unpaired) electrons. The van der Waals surface area contributed by atoms with E-state index < -0.39 is 0 Å². The Hall–Kier alpha value is 0. The Morgan fingerprint density at radius 1 is 0.692 bits per heavy atom. The largest absolute Gasteiger partial charge is 0.0656 e. The van der Waals surface area contributed by atoms with E-state index in [1.54, 1.807) is 0 Å². The van der Waals surface area contributed by atoms with Crippen molar-refractivity contribution < 1.29 is 0 Å². The summed E-state index contributed by atoms with van der Waals surface area (Å²) in [6.45, 7) is 17.4. The molecule has 0 heterocycles. The molecule has 0 spiro atoms. The summed E-state index contributed by atoms with van der Waals surface area (Å²) in [5.74, 6) is 0. The molecule has 0 atom stereocenters. The maximum atomic E-state index is 2.21. The SMILES string of the molecule is CC(C)(C)C.CCC.CCCCC. The molecular formula is C13H32. The third-order valence-electron chi connectivity index (χ3n) is 0.707. The predicted molar refractivity (Wildman–Crippen MR) is 66.3 cm³/mol. The highest BCUT2D eigenvalue weighted by Gasteiger charge is 1.95. The van der Waals surface area contributed by atoms with Crippen molar-refractivity contribution in [1.82, 2.24) is 0 Å². The van der Waals surface area contributed by atoms with Crippen LogP contribution < -0.4 is 0 Å². The van der Waals surface area contributed by atoms with Gasteiger partial charge in [0.15, 0.2) is 0 Å². The van der Waals surface area contributed by atoms with Gasteiger partial charge in [-0.05, 0) is 5.41 Å². The number of hydrogen-bond acceptors (Lipinski definition) is 0. The van der Waals surface area contributed by atoms with E-state index in [0.717, 1.165) is 0 Å². The lowest BCUT2D eigenvalue weighted by Gasteiger charge is -2.05. The summed E-state index contributed by atoms with van der Waals surface area (Å²) in [7, 11) is 0. The van der Waals surface area contributed by atoms with Crippen LogP contribution in [0.2, 0.25) is 0 Å². The zero-order chi connectivity index (χ0) is 11.3. The smallest absolute Gasteiger partial charge is 0.0411 e. The molecule has 0 saturated carbocycles. The molecule has 0 bridgehead atoms. The van der Waals surface area contributed by atoms with Gasteiger partial charge in [0.2, 0.25) is 0 Å². The van der Waals surface area contributed by atoms with Crippen LogP contribution in [0.1, 0.15) is 81.1 Å². The topological polar surface area (TPSA) is 0 Å². The molecule has 0 aliphatic heterocycles. The first kappa shape index (κ1) is 18.7. The molecule has 0 aliphatic carbocycles. The molecular weight excluding hydrogens is 156 g/mol. The molecule has 0 N–H and O–H groups in total. The molecule has 0 unspecified atom stereocenters. The summed E-state index contributed by atoms with van der Waals surface area (Å²) in [6.07, 6.45) is 5.33. The Labute approximate surface area is 87.1 Å². The summed E-state index contributed by atoms with van der Waals surface area (Å²) >= 11 is 0. The predicted octanol–water partition coefficient (Wildman–Crippen LogP) is 5.67. The Morgan fingerprint density at radius 3 is 0.846 bits per heavy atom. The molecule has 84 valence electrons. The molecule has 0 rings (SSSR count). The molecule has 13 heavy (non-hydrogen) atoms. The van der Waals surface area contributed by atoms with Crippen LogP contribution in [0, 0.1) is 5.41 Å². The van der Waals surface area contributed by atoms with Crippen LogP contribution in [0.4, 0.5) is 0 Å². The van der Waals surface area contributed by atoms with E-state index in [4.69, 9.17) is 0 Å². The molecule has 0 aromatic carbocycles. The van der Waals surface area contributed by atoms with Crippen molar-refractivity contribution in [3.05, 3.63) is 0 Å². The monoisotopic (exact) mass is 188 g/mol. The van der Waals surface area contributed by atoms with Crippen molar-refractivity contribution in [3.63, 3.8) is 0 Å². The van der Waals surface area contributed by atoms with E-state index in [2.05, 4.69) is 55.4 Å². The highest BCUT2D eigenvalue weighted by molar-refractivity contribution is 4.47. The maximum Gasteiger partial charge on any atom is -0.0411 e. The van der Waals surface area contributed by atoms with Crippen molar-refractivity contribution in [3.8, 4) is 0 Å². The fourth-order valence-electron chi connectivity index (χ4n) is 0.354. The molecule has 0 nitrogen and oxygen atoms in total. The zero-order valence-electron chi connectivity index (χ0n) is 11.3. The molecule has 0 aromatic rings. The first-order valence-corrected chi connectivity index (χ1v) is 5.83. The second-order valence-electron chi connectivity index (χ2n) is 5.06. The zero-order valence-corrected chi connectivity index (χ0v) is 11.3. The normalized spacial score (nSPS) is 9.23. The van der Waals surface area contributed by atoms with Gasteiger partial charge in [-0.25, -0.2) is 0 Å². The quantitative estimate of drug-likeness (QED) is 0.524. The van der Waals surface area contributed by atoms with Gasteiger partial charge in [0.25, 0.3) is 0 Å². The second kappa shape index (κ2) is 14.5. The van der Waals surface area contributed by atoms with Crippen LogP contribution in [-0.2, 0) is 0 Å². The van der Waals surface area contributed by atoms with E-state index in [9.17, 15) is 0 Å². The number of unbranched alkanes of at least 4 members (excludes halogenated alkanes) is 2. The number of hydrogen-bond donors (Lipinski definition) is 0. The van der Waals surface area contributed by atoms with Crippen LogP contribution in [0.3, 0.4) is 0 Å². The van der Waals surface area contributed by atoms with E-state index in [1.165, 1.54) is 25.7 Å². The molecule has 0 amide bonds. The minimum atomic E-state index is 0.500. The van der Waals surface area contributed by atoms with Crippen LogP contribution in [-0.4, -0.2) is 0 Å². The van der Waals surface area contributed by atoms with Crippen LogP contribution >= 0.6 is 0 Å². The third-order valence-corrected chi connectivity index (χ3v) is 0.707. The summed E-state index contributed by atoms with van der Waals surface area (Å²) in [5.41, 5.74) is 0.500. The van der Waals surface area contributed by atoms with Crippen molar-refractivity contribution in [2.45, 2.75) is 81.1 Å². The van der Waals surface area contributed by atoms with Crippen LogP contribution in [0.5, 0.6) is 0 Å². The van der Waals surface area contributed by atoms with Gasteiger partial charge in [0.1, 0.15) is 0 Å². The van der Waals surface area contributed by atoms with Crippen LogP contribution in [0.15, 0.2) is 0 Å². The van der Waals surface area contributed by atoms with E-state index in [1.807, 2.05) is 0 Å². The lowest BCUT2D eigenvalue weighted by molar-refractivity contribution is 0.469. The van der Waals surface area contributed by atoms with Gasteiger partial charge in [-0.1, -0.05) is 81.1 Å². The minimum Gasteiger partial charge on any atom is -0.0656 e. The average molecular weight is 188 g/mol. The summed E-state index contributed by atoms with van der Waals surface area (Å²) < 4.78 is 0.